The van der Waals surface area contributed by atoms with Crippen LogP contribution in [-0.2, 0) is 14.3 Å². The fourth-order valence-corrected chi connectivity index (χ4v) is 9.99. The molecule has 1 amide bonds. The van der Waals surface area contributed by atoms with Crippen LogP contribution >= 0.6 is 0 Å². The third kappa shape index (κ3) is 55.8. The Morgan fingerprint density at radius 3 is 1.06 bits per heavy atom. The highest BCUT2D eigenvalue weighted by Gasteiger charge is 2.20. The SMILES string of the molecule is CCCCC/C=C\CCCCCCCC(=O)OCCCCCCCCCCCCCCCCCCCCCC(=O)NC(CO)C(O)CCCCCCCCCCCCCCCCCCCCCCC. The molecular formula is C63H123NO5. The number of allylic oxidation sites excluding steroid dienone is 2. The Kier molecular flexibility index (Phi) is 58.0. The first kappa shape index (κ1) is 67.6. The molecule has 0 spiro atoms. The summed E-state index contributed by atoms with van der Waals surface area (Å²) in [5.41, 5.74) is 0. The minimum Gasteiger partial charge on any atom is -0.466 e. The lowest BCUT2D eigenvalue weighted by Crippen LogP contribution is -2.45. The smallest absolute Gasteiger partial charge is 0.305 e. The Balaban J connectivity index is 3.40. The van der Waals surface area contributed by atoms with E-state index in [1.165, 1.54) is 276 Å². The van der Waals surface area contributed by atoms with Crippen molar-refractivity contribution in [3.05, 3.63) is 12.2 Å². The minimum absolute atomic E-state index is 0.000106. The number of ether oxygens (including phenoxy) is 1. The van der Waals surface area contributed by atoms with Crippen LogP contribution < -0.4 is 5.32 Å². The summed E-state index contributed by atoms with van der Waals surface area (Å²) in [6, 6.07) is -0.544. The maximum absolute atomic E-state index is 12.5. The van der Waals surface area contributed by atoms with E-state index in [2.05, 4.69) is 31.3 Å². The van der Waals surface area contributed by atoms with Crippen molar-refractivity contribution in [2.75, 3.05) is 13.2 Å². The summed E-state index contributed by atoms with van der Waals surface area (Å²) in [4.78, 5) is 24.5. The summed E-state index contributed by atoms with van der Waals surface area (Å²) in [5.74, 6) is -0.0341. The Morgan fingerprint density at radius 1 is 0.391 bits per heavy atom. The second-order valence-corrected chi connectivity index (χ2v) is 21.7. The van der Waals surface area contributed by atoms with E-state index in [-0.39, 0.29) is 18.5 Å². The molecule has 0 radical (unpaired) electrons. The molecule has 6 nitrogen and oxygen atoms in total. The number of carbonyl (C=O) groups excluding carboxylic acids is 2. The van der Waals surface area contributed by atoms with Crippen molar-refractivity contribution in [1.82, 2.24) is 5.32 Å². The van der Waals surface area contributed by atoms with Gasteiger partial charge in [-0.05, 0) is 51.4 Å². The van der Waals surface area contributed by atoms with Gasteiger partial charge in [0.15, 0.2) is 0 Å². The van der Waals surface area contributed by atoms with Gasteiger partial charge in [0.1, 0.15) is 0 Å². The Bertz CT molecular complexity index is 1030. The first-order valence-corrected chi connectivity index (χ1v) is 31.4. The molecule has 0 fully saturated rings. The molecule has 0 saturated heterocycles. The summed E-state index contributed by atoms with van der Waals surface area (Å²) in [6.07, 6.45) is 70.8. The average molecular weight is 975 g/mol. The Labute approximate surface area is 431 Å². The second-order valence-electron chi connectivity index (χ2n) is 21.7. The van der Waals surface area contributed by atoms with Crippen LogP contribution in [0.1, 0.15) is 354 Å². The monoisotopic (exact) mass is 974 g/mol. The van der Waals surface area contributed by atoms with E-state index in [9.17, 15) is 19.8 Å². The van der Waals surface area contributed by atoms with E-state index < -0.39 is 12.1 Å². The molecular weight excluding hydrogens is 851 g/mol. The van der Waals surface area contributed by atoms with Gasteiger partial charge in [-0.1, -0.05) is 302 Å². The van der Waals surface area contributed by atoms with Crippen molar-refractivity contribution in [3.63, 3.8) is 0 Å². The van der Waals surface area contributed by atoms with Crippen LogP contribution in [0.3, 0.4) is 0 Å². The number of unbranched alkanes of at least 4 members (excludes halogenated alkanes) is 46. The number of aliphatic hydroxyl groups excluding tert-OH is 2. The van der Waals surface area contributed by atoms with Crippen molar-refractivity contribution in [2.24, 2.45) is 0 Å². The lowest BCUT2D eigenvalue weighted by Gasteiger charge is -2.22. The van der Waals surface area contributed by atoms with Crippen molar-refractivity contribution < 1.29 is 24.5 Å². The van der Waals surface area contributed by atoms with Crippen LogP contribution in [-0.4, -0.2) is 47.4 Å². The fourth-order valence-electron chi connectivity index (χ4n) is 9.99. The van der Waals surface area contributed by atoms with Crippen LogP contribution in [0, 0.1) is 0 Å². The standard InChI is InChI=1S/C63H123NO5/c1-3-5-7-9-11-13-15-17-18-19-20-21-23-26-29-32-35-39-43-47-51-55-61(66)60(59-65)64-62(67)56-52-48-44-40-36-33-30-27-24-22-25-28-31-34-38-42-46-50-54-58-69-63(68)57-53-49-45-41-37-16-14-12-10-8-6-4-2/h12,14,60-61,65-66H,3-11,13,15-59H2,1-2H3,(H,64,67)/b14-12-. The normalized spacial score (nSPS) is 12.6. The highest BCUT2D eigenvalue weighted by molar-refractivity contribution is 5.76. The molecule has 3 N–H and O–H groups in total. The van der Waals surface area contributed by atoms with Gasteiger partial charge in [-0.2, -0.15) is 0 Å². The molecule has 0 aromatic heterocycles. The van der Waals surface area contributed by atoms with Gasteiger partial charge in [0.2, 0.25) is 5.91 Å². The molecule has 6 heteroatoms. The maximum atomic E-state index is 12.5. The molecule has 69 heavy (non-hydrogen) atoms. The largest absolute Gasteiger partial charge is 0.466 e. The van der Waals surface area contributed by atoms with E-state index in [1.54, 1.807) is 0 Å². The van der Waals surface area contributed by atoms with E-state index in [4.69, 9.17) is 4.74 Å². The predicted octanol–water partition coefficient (Wildman–Crippen LogP) is 19.6. The lowest BCUT2D eigenvalue weighted by molar-refractivity contribution is -0.143. The number of hydrogen-bond acceptors (Lipinski definition) is 5. The Morgan fingerprint density at radius 2 is 0.681 bits per heavy atom. The maximum Gasteiger partial charge on any atom is 0.305 e. The highest BCUT2D eigenvalue weighted by Crippen LogP contribution is 2.18. The minimum atomic E-state index is -0.667. The molecule has 0 saturated carbocycles. The zero-order valence-corrected chi connectivity index (χ0v) is 46.8. The van der Waals surface area contributed by atoms with E-state index in [1.807, 2.05) is 0 Å². The molecule has 0 aliphatic carbocycles. The molecule has 0 aromatic rings. The molecule has 410 valence electrons. The number of aliphatic hydroxyl groups is 2. The molecule has 2 unspecified atom stereocenters. The van der Waals surface area contributed by atoms with Gasteiger partial charge in [0.25, 0.3) is 0 Å². The quantitative estimate of drug-likeness (QED) is 0.0321. The van der Waals surface area contributed by atoms with Gasteiger partial charge in [-0.15, -0.1) is 0 Å². The van der Waals surface area contributed by atoms with Crippen LogP contribution in [0.4, 0.5) is 0 Å². The van der Waals surface area contributed by atoms with E-state index >= 15 is 0 Å². The zero-order valence-electron chi connectivity index (χ0n) is 46.8. The number of rotatable bonds is 59. The van der Waals surface area contributed by atoms with Crippen molar-refractivity contribution >= 4 is 11.9 Å². The van der Waals surface area contributed by atoms with Crippen molar-refractivity contribution in [1.29, 1.82) is 0 Å². The van der Waals surface area contributed by atoms with Gasteiger partial charge >= 0.3 is 5.97 Å². The predicted molar refractivity (Wildman–Crippen MR) is 301 cm³/mol. The second kappa shape index (κ2) is 59.2. The summed E-state index contributed by atoms with van der Waals surface area (Å²) >= 11 is 0. The van der Waals surface area contributed by atoms with Crippen molar-refractivity contribution in [3.8, 4) is 0 Å². The fraction of sp³-hybridized carbons (Fsp3) is 0.937. The number of esters is 1. The van der Waals surface area contributed by atoms with Gasteiger partial charge in [-0.25, -0.2) is 0 Å². The lowest BCUT2D eigenvalue weighted by atomic mass is 10.0. The van der Waals surface area contributed by atoms with E-state index in [0.717, 1.165) is 44.9 Å². The number of nitrogens with one attached hydrogen (secondary N) is 1. The average Bonchev–Trinajstić information content (AvgIpc) is 3.35. The van der Waals surface area contributed by atoms with Crippen LogP contribution in [0.2, 0.25) is 0 Å². The molecule has 0 heterocycles. The zero-order chi connectivity index (χ0) is 50.0. The number of hydrogen-bond donors (Lipinski definition) is 3. The summed E-state index contributed by atoms with van der Waals surface area (Å²) in [6.45, 7) is 4.95. The van der Waals surface area contributed by atoms with Crippen LogP contribution in [0.5, 0.6) is 0 Å². The summed E-state index contributed by atoms with van der Waals surface area (Å²) in [5, 5.41) is 23.4. The number of carbonyl (C=O) groups is 2. The Hall–Kier alpha value is -1.40. The first-order chi connectivity index (χ1) is 34.0. The molecule has 0 rings (SSSR count). The van der Waals surface area contributed by atoms with Gasteiger partial charge in [0, 0.05) is 12.8 Å². The first-order valence-electron chi connectivity index (χ1n) is 31.4. The molecule has 0 aromatic carbocycles. The summed E-state index contributed by atoms with van der Waals surface area (Å²) < 4.78 is 5.46. The molecule has 0 aliphatic rings. The van der Waals surface area contributed by atoms with Gasteiger partial charge in [0.05, 0.1) is 25.4 Å². The molecule has 0 bridgehead atoms. The van der Waals surface area contributed by atoms with Gasteiger partial charge < -0.3 is 20.3 Å². The van der Waals surface area contributed by atoms with Crippen LogP contribution in [0.25, 0.3) is 0 Å². The van der Waals surface area contributed by atoms with E-state index in [0.29, 0.717) is 25.9 Å². The van der Waals surface area contributed by atoms with Gasteiger partial charge in [-0.3, -0.25) is 9.59 Å². The van der Waals surface area contributed by atoms with Crippen LogP contribution in [0.15, 0.2) is 12.2 Å². The topological polar surface area (TPSA) is 95.9 Å². The number of amides is 1. The molecule has 0 aliphatic heterocycles. The highest BCUT2D eigenvalue weighted by atomic mass is 16.5. The third-order valence-corrected chi connectivity index (χ3v) is 14.8. The third-order valence-electron chi connectivity index (χ3n) is 14.8. The van der Waals surface area contributed by atoms with Crippen molar-refractivity contribution in [2.45, 2.75) is 366 Å². The molecule has 2 atom stereocenters. The summed E-state index contributed by atoms with van der Waals surface area (Å²) in [7, 11) is 0.